The van der Waals surface area contributed by atoms with Gasteiger partial charge in [0.15, 0.2) is 0 Å². The first-order chi connectivity index (χ1) is 8.08. The first-order valence-corrected chi connectivity index (χ1v) is 5.90. The Morgan fingerprint density at radius 1 is 1.41 bits per heavy atom. The zero-order chi connectivity index (χ0) is 12.4. The van der Waals surface area contributed by atoms with Gasteiger partial charge in [0.1, 0.15) is 11.6 Å². The van der Waals surface area contributed by atoms with Crippen molar-refractivity contribution in [3.05, 3.63) is 52.8 Å². The highest BCUT2D eigenvalue weighted by atomic mass is 35.5. The second-order valence-corrected chi connectivity index (χ2v) is 4.71. The lowest BCUT2D eigenvalue weighted by atomic mass is 10.2. The molecule has 0 bridgehead atoms. The lowest BCUT2D eigenvalue weighted by Gasteiger charge is -2.11. The molecular formula is C13H14ClFN2. The summed E-state index contributed by atoms with van der Waals surface area (Å²) in [5.74, 6) is 1.04. The number of imidazole rings is 1. The van der Waals surface area contributed by atoms with E-state index in [4.69, 9.17) is 11.6 Å². The van der Waals surface area contributed by atoms with Crippen molar-refractivity contribution in [2.75, 3.05) is 0 Å². The molecule has 2 nitrogen and oxygen atoms in total. The number of benzene rings is 1. The fourth-order valence-electron chi connectivity index (χ4n) is 1.80. The Kier molecular flexibility index (Phi) is 3.48. The zero-order valence-corrected chi connectivity index (χ0v) is 10.6. The SMILES string of the molecule is CC(C)c1nccn1Cc1cc(F)ccc1Cl. The average Bonchev–Trinajstić information content (AvgIpc) is 2.71. The van der Waals surface area contributed by atoms with Crippen molar-refractivity contribution < 1.29 is 4.39 Å². The van der Waals surface area contributed by atoms with Gasteiger partial charge in [-0.3, -0.25) is 0 Å². The molecule has 90 valence electrons. The first kappa shape index (κ1) is 12.1. The Labute approximate surface area is 105 Å². The topological polar surface area (TPSA) is 17.8 Å². The molecule has 4 heteroatoms. The van der Waals surface area contributed by atoms with E-state index in [1.807, 2.05) is 10.8 Å². The van der Waals surface area contributed by atoms with Gasteiger partial charge in [-0.25, -0.2) is 9.37 Å². The van der Waals surface area contributed by atoms with Gasteiger partial charge in [0.2, 0.25) is 0 Å². The predicted octanol–water partition coefficient (Wildman–Crippen LogP) is 3.85. The minimum atomic E-state index is -0.268. The van der Waals surface area contributed by atoms with Crippen LogP contribution in [0.25, 0.3) is 0 Å². The lowest BCUT2D eigenvalue weighted by molar-refractivity contribution is 0.620. The number of nitrogens with zero attached hydrogens (tertiary/aromatic N) is 2. The fraction of sp³-hybridized carbons (Fsp3) is 0.308. The van der Waals surface area contributed by atoms with Gasteiger partial charge in [0.25, 0.3) is 0 Å². The Hall–Kier alpha value is -1.35. The molecule has 2 rings (SSSR count). The van der Waals surface area contributed by atoms with Crippen LogP contribution >= 0.6 is 11.6 Å². The molecule has 0 unspecified atom stereocenters. The summed E-state index contributed by atoms with van der Waals surface area (Å²) in [6, 6.07) is 4.41. The third-order valence-corrected chi connectivity index (χ3v) is 2.98. The van der Waals surface area contributed by atoms with E-state index in [0.717, 1.165) is 11.4 Å². The van der Waals surface area contributed by atoms with E-state index in [-0.39, 0.29) is 5.82 Å². The van der Waals surface area contributed by atoms with Gasteiger partial charge in [-0.2, -0.15) is 0 Å². The Morgan fingerprint density at radius 3 is 2.88 bits per heavy atom. The fourth-order valence-corrected chi connectivity index (χ4v) is 1.98. The van der Waals surface area contributed by atoms with Gasteiger partial charge < -0.3 is 4.57 Å². The molecule has 17 heavy (non-hydrogen) atoms. The van der Waals surface area contributed by atoms with Crippen molar-refractivity contribution in [1.82, 2.24) is 9.55 Å². The maximum Gasteiger partial charge on any atom is 0.123 e. The van der Waals surface area contributed by atoms with Crippen molar-refractivity contribution in [1.29, 1.82) is 0 Å². The number of hydrogen-bond acceptors (Lipinski definition) is 1. The standard InChI is InChI=1S/C13H14ClFN2/c1-9(2)13-16-5-6-17(13)8-10-7-11(15)3-4-12(10)14/h3-7,9H,8H2,1-2H3. The molecule has 0 saturated carbocycles. The first-order valence-electron chi connectivity index (χ1n) is 5.53. The molecule has 1 heterocycles. The van der Waals surface area contributed by atoms with E-state index in [1.54, 1.807) is 12.3 Å². The summed E-state index contributed by atoms with van der Waals surface area (Å²) in [5, 5.41) is 0.579. The van der Waals surface area contributed by atoms with Crippen LogP contribution in [0.2, 0.25) is 5.02 Å². The molecule has 0 spiro atoms. The van der Waals surface area contributed by atoms with Crippen LogP contribution in [0, 0.1) is 5.82 Å². The van der Waals surface area contributed by atoms with Gasteiger partial charge in [-0.15, -0.1) is 0 Å². The largest absolute Gasteiger partial charge is 0.330 e. The molecule has 0 atom stereocenters. The van der Waals surface area contributed by atoms with E-state index < -0.39 is 0 Å². The van der Waals surface area contributed by atoms with Crippen LogP contribution in [0.4, 0.5) is 4.39 Å². The average molecular weight is 253 g/mol. The third-order valence-electron chi connectivity index (χ3n) is 2.61. The highest BCUT2D eigenvalue weighted by molar-refractivity contribution is 6.31. The molecule has 0 amide bonds. The molecule has 0 aliphatic rings. The Balaban J connectivity index is 2.31. The third kappa shape index (κ3) is 2.67. The van der Waals surface area contributed by atoms with Crippen LogP contribution in [-0.2, 0) is 6.54 Å². The maximum atomic E-state index is 13.2. The lowest BCUT2D eigenvalue weighted by Crippen LogP contribution is -2.06. The summed E-state index contributed by atoms with van der Waals surface area (Å²) in [6.45, 7) is 4.70. The van der Waals surface area contributed by atoms with Crippen LogP contribution < -0.4 is 0 Å². The van der Waals surface area contributed by atoms with Gasteiger partial charge in [0.05, 0.1) is 6.54 Å². The Morgan fingerprint density at radius 2 is 2.18 bits per heavy atom. The van der Waals surface area contributed by atoms with Crippen molar-refractivity contribution in [2.45, 2.75) is 26.3 Å². The molecular weight excluding hydrogens is 239 g/mol. The van der Waals surface area contributed by atoms with Gasteiger partial charge in [0, 0.05) is 23.3 Å². The molecule has 1 aromatic heterocycles. The maximum absolute atomic E-state index is 13.2. The van der Waals surface area contributed by atoms with Crippen molar-refractivity contribution in [3.63, 3.8) is 0 Å². The van der Waals surface area contributed by atoms with Gasteiger partial charge in [-0.1, -0.05) is 25.4 Å². The zero-order valence-electron chi connectivity index (χ0n) is 9.82. The Bertz CT molecular complexity index is 520. The van der Waals surface area contributed by atoms with Crippen LogP contribution in [0.5, 0.6) is 0 Å². The molecule has 1 aromatic carbocycles. The van der Waals surface area contributed by atoms with E-state index in [1.165, 1.54) is 12.1 Å². The van der Waals surface area contributed by atoms with Gasteiger partial charge in [-0.05, 0) is 23.8 Å². The minimum Gasteiger partial charge on any atom is -0.330 e. The predicted molar refractivity (Wildman–Crippen MR) is 66.8 cm³/mol. The number of rotatable bonds is 3. The quantitative estimate of drug-likeness (QED) is 0.811. The molecule has 0 N–H and O–H groups in total. The van der Waals surface area contributed by atoms with Gasteiger partial charge >= 0.3 is 0 Å². The number of halogens is 2. The summed E-state index contributed by atoms with van der Waals surface area (Å²) < 4.78 is 15.1. The van der Waals surface area contributed by atoms with Crippen LogP contribution in [0.3, 0.4) is 0 Å². The molecule has 0 aliphatic heterocycles. The second-order valence-electron chi connectivity index (χ2n) is 4.30. The second kappa shape index (κ2) is 4.88. The smallest absolute Gasteiger partial charge is 0.123 e. The highest BCUT2D eigenvalue weighted by Gasteiger charge is 2.09. The number of hydrogen-bond donors (Lipinski definition) is 0. The summed E-state index contributed by atoms with van der Waals surface area (Å²) in [6.07, 6.45) is 3.64. The highest BCUT2D eigenvalue weighted by Crippen LogP contribution is 2.20. The molecule has 0 fully saturated rings. The molecule has 0 saturated heterocycles. The summed E-state index contributed by atoms with van der Waals surface area (Å²) in [7, 11) is 0. The summed E-state index contributed by atoms with van der Waals surface area (Å²) >= 11 is 6.04. The molecule has 0 radical (unpaired) electrons. The van der Waals surface area contributed by atoms with Crippen LogP contribution in [0.1, 0.15) is 31.2 Å². The van der Waals surface area contributed by atoms with Crippen molar-refractivity contribution in [2.24, 2.45) is 0 Å². The molecule has 0 aliphatic carbocycles. The molecule has 2 aromatic rings. The minimum absolute atomic E-state index is 0.268. The van der Waals surface area contributed by atoms with Crippen molar-refractivity contribution in [3.8, 4) is 0 Å². The summed E-state index contributed by atoms with van der Waals surface area (Å²) in [4.78, 5) is 4.29. The summed E-state index contributed by atoms with van der Waals surface area (Å²) in [5.41, 5.74) is 0.770. The normalized spacial score (nSPS) is 11.1. The monoisotopic (exact) mass is 252 g/mol. The van der Waals surface area contributed by atoms with Crippen molar-refractivity contribution >= 4 is 11.6 Å². The van der Waals surface area contributed by atoms with Crippen LogP contribution in [0.15, 0.2) is 30.6 Å². The van der Waals surface area contributed by atoms with E-state index in [0.29, 0.717) is 17.5 Å². The number of aromatic nitrogens is 2. The van der Waals surface area contributed by atoms with Crippen LogP contribution in [-0.4, -0.2) is 9.55 Å². The van der Waals surface area contributed by atoms with E-state index in [2.05, 4.69) is 18.8 Å². The van der Waals surface area contributed by atoms with E-state index >= 15 is 0 Å². The van der Waals surface area contributed by atoms with E-state index in [9.17, 15) is 4.39 Å².